The number of aliphatic imine (C=N–C) groups is 1. The topological polar surface area (TPSA) is 163 Å². The van der Waals surface area contributed by atoms with Crippen molar-refractivity contribution in [3.63, 3.8) is 0 Å². The molecule has 0 bridgehead atoms. The van der Waals surface area contributed by atoms with E-state index < -0.39 is 62.0 Å². The molecular weight excluding hydrogens is 603 g/mol. The number of rotatable bonds is 12. The van der Waals surface area contributed by atoms with E-state index >= 15 is 0 Å². The van der Waals surface area contributed by atoms with E-state index in [1.807, 2.05) is 44.2 Å². The molecule has 45 heavy (non-hydrogen) atoms. The van der Waals surface area contributed by atoms with Gasteiger partial charge >= 0.3 is 13.7 Å². The molecule has 0 aromatic heterocycles. The second-order valence-corrected chi connectivity index (χ2v) is 13.7. The molecule has 4 N–H and O–H groups in total. The number of amidine groups is 1. The molecule has 3 heterocycles. The normalized spacial score (nSPS) is 29.9. The molecule has 2 fully saturated rings. The third-order valence-electron chi connectivity index (χ3n) is 7.92. The molecule has 0 amide bonds. The van der Waals surface area contributed by atoms with E-state index in [4.69, 9.17) is 33.7 Å². The van der Waals surface area contributed by atoms with Crippen LogP contribution in [0.15, 0.2) is 59.7 Å². The number of unbranched alkanes of at least 4 members (excludes halogenated alkanes) is 1. The number of nitrogens with one attached hydrogen (secondary N) is 1. The Balaban J connectivity index is 1.44. The van der Waals surface area contributed by atoms with Gasteiger partial charge in [-0.3, -0.25) is 9.32 Å². The molecule has 0 spiro atoms. The van der Waals surface area contributed by atoms with Crippen LogP contribution in [-0.4, -0.2) is 76.7 Å². The van der Waals surface area contributed by atoms with Crippen LogP contribution >= 0.6 is 7.75 Å². The number of ether oxygens (including phenoxy) is 4. The van der Waals surface area contributed by atoms with E-state index in [1.165, 1.54) is 11.8 Å². The average molecular weight is 647 g/mol. The maximum Gasteiger partial charge on any atom is 0.459 e. The summed E-state index contributed by atoms with van der Waals surface area (Å²) in [6, 6.07) is 11.8. The van der Waals surface area contributed by atoms with Gasteiger partial charge in [0, 0.05) is 11.6 Å². The highest BCUT2D eigenvalue weighted by molar-refractivity contribution is 7.52. The number of fused-ring (bicyclic) bond motifs is 2. The van der Waals surface area contributed by atoms with Gasteiger partial charge in [-0.15, -0.1) is 0 Å². The minimum absolute atomic E-state index is 0.163. The third kappa shape index (κ3) is 7.05. The van der Waals surface area contributed by atoms with Crippen LogP contribution in [0.4, 0.5) is 0 Å². The zero-order valence-corrected chi connectivity index (χ0v) is 27.3. The minimum atomic E-state index is -4.31. The number of carbonyl (C=O) groups is 1. The van der Waals surface area contributed by atoms with Crippen molar-refractivity contribution in [3.8, 4) is 5.75 Å². The van der Waals surface area contributed by atoms with Gasteiger partial charge in [0.25, 0.3) is 0 Å². The Labute approximate surface area is 263 Å². The predicted molar refractivity (Wildman–Crippen MR) is 167 cm³/mol. The summed E-state index contributed by atoms with van der Waals surface area (Å²) in [5.41, 5.74) is 4.67. The Morgan fingerprint density at radius 2 is 1.93 bits per heavy atom. The van der Waals surface area contributed by atoms with Crippen molar-refractivity contribution in [3.05, 3.63) is 54.7 Å². The van der Waals surface area contributed by atoms with Gasteiger partial charge in [0.2, 0.25) is 6.35 Å². The number of esters is 1. The molecule has 2 aromatic rings. The molecule has 0 radical (unpaired) electrons. The smallest absolute Gasteiger partial charge is 0.459 e. The lowest BCUT2D eigenvalue weighted by molar-refractivity contribution is -0.238. The maximum absolute atomic E-state index is 14.6. The van der Waals surface area contributed by atoms with Crippen molar-refractivity contribution in [1.29, 1.82) is 0 Å². The summed E-state index contributed by atoms with van der Waals surface area (Å²) in [6.45, 7) is 10.8. The van der Waals surface area contributed by atoms with Crippen molar-refractivity contribution < 1.29 is 42.5 Å². The molecule has 246 valence electrons. The second kappa shape index (κ2) is 13.0. The lowest BCUT2D eigenvalue weighted by Gasteiger charge is -2.39. The van der Waals surface area contributed by atoms with Crippen LogP contribution in [0, 0.1) is 0 Å². The average Bonchev–Trinajstić information content (AvgIpc) is 3.38. The molecular formula is C31H43N4O9P. The number of carbonyl (C=O) groups excluding carboxylic acids is 1. The van der Waals surface area contributed by atoms with Crippen LogP contribution in [-0.2, 0) is 32.8 Å². The number of hydrogen-bond donors (Lipinski definition) is 3. The highest BCUT2D eigenvalue weighted by Crippen LogP contribution is 2.53. The maximum atomic E-state index is 14.6. The summed E-state index contributed by atoms with van der Waals surface area (Å²) in [7, 11) is -4.31. The summed E-state index contributed by atoms with van der Waals surface area (Å²) in [4.78, 5) is 18.3. The number of nitrogens with two attached hydrogens (primary N) is 1. The summed E-state index contributed by atoms with van der Waals surface area (Å²) in [6.07, 6.45) is -0.0646. The lowest BCUT2D eigenvalue weighted by atomic mass is 9.94. The van der Waals surface area contributed by atoms with E-state index in [2.05, 4.69) is 10.1 Å². The Bertz CT molecular complexity index is 1500. The highest BCUT2D eigenvalue weighted by Gasteiger charge is 2.66. The molecule has 0 saturated carbocycles. The van der Waals surface area contributed by atoms with Gasteiger partial charge in [0.05, 0.1) is 12.7 Å². The van der Waals surface area contributed by atoms with Gasteiger partial charge in [0.15, 0.2) is 12.0 Å². The second-order valence-electron chi connectivity index (χ2n) is 12.1. The van der Waals surface area contributed by atoms with E-state index in [0.717, 1.165) is 11.8 Å². The monoisotopic (exact) mass is 646 g/mol. The molecule has 2 aromatic carbocycles. The molecule has 13 nitrogen and oxygen atoms in total. The molecule has 2 saturated heterocycles. The zero-order valence-electron chi connectivity index (χ0n) is 26.4. The fourth-order valence-corrected chi connectivity index (χ4v) is 7.58. The van der Waals surface area contributed by atoms with Gasteiger partial charge in [-0.05, 0) is 58.6 Å². The van der Waals surface area contributed by atoms with Gasteiger partial charge in [-0.1, -0.05) is 49.7 Å². The first kappa shape index (κ1) is 33.3. The fourth-order valence-electron chi connectivity index (χ4n) is 5.87. The molecule has 0 aliphatic carbocycles. The number of aliphatic hydroxyl groups excluding tert-OH is 1. The van der Waals surface area contributed by atoms with Crippen molar-refractivity contribution in [2.24, 2.45) is 10.7 Å². The SMILES string of the molecule is CCCCOC(=O)[C@H](C)NP(=O)(Oc1cccc2ccccc12)O[C@H](C)[C@H]1O[C@@H](N2C=CC(N)=NC2O)[C@]2(C)OC(C)(C)O[C@H]12. The fraction of sp³-hybridized carbons (Fsp3) is 0.548. The van der Waals surface area contributed by atoms with Crippen molar-refractivity contribution in [2.45, 2.75) is 103 Å². The first-order chi connectivity index (χ1) is 21.2. The Morgan fingerprint density at radius 3 is 2.67 bits per heavy atom. The largest absolute Gasteiger partial charge is 0.465 e. The first-order valence-corrected chi connectivity index (χ1v) is 16.7. The van der Waals surface area contributed by atoms with Gasteiger partial charge in [0.1, 0.15) is 35.4 Å². The van der Waals surface area contributed by atoms with E-state index in [1.54, 1.807) is 45.2 Å². The van der Waals surface area contributed by atoms with Crippen LogP contribution in [0.5, 0.6) is 5.75 Å². The van der Waals surface area contributed by atoms with E-state index in [0.29, 0.717) is 17.6 Å². The van der Waals surface area contributed by atoms with Crippen molar-refractivity contribution in [1.82, 2.24) is 9.99 Å². The zero-order chi connectivity index (χ0) is 32.6. The summed E-state index contributed by atoms with van der Waals surface area (Å²) < 4.78 is 51.5. The molecule has 14 heteroatoms. The van der Waals surface area contributed by atoms with Gasteiger partial charge in [-0.25, -0.2) is 9.56 Å². The van der Waals surface area contributed by atoms with Crippen LogP contribution in [0.3, 0.4) is 0 Å². The predicted octanol–water partition coefficient (Wildman–Crippen LogP) is 4.15. The number of hydrogen-bond acceptors (Lipinski definition) is 12. The van der Waals surface area contributed by atoms with Crippen LogP contribution < -0.4 is 15.3 Å². The lowest BCUT2D eigenvalue weighted by Crippen LogP contribution is -2.54. The van der Waals surface area contributed by atoms with Crippen LogP contribution in [0.2, 0.25) is 0 Å². The third-order valence-corrected chi connectivity index (χ3v) is 9.67. The van der Waals surface area contributed by atoms with E-state index in [9.17, 15) is 14.5 Å². The first-order valence-electron chi connectivity index (χ1n) is 15.2. The van der Waals surface area contributed by atoms with Crippen LogP contribution in [0.1, 0.15) is 54.4 Å². The molecule has 3 aliphatic heterocycles. The molecule has 2 unspecified atom stereocenters. The Morgan fingerprint density at radius 1 is 1.20 bits per heavy atom. The van der Waals surface area contributed by atoms with Crippen molar-refractivity contribution >= 4 is 30.3 Å². The quantitative estimate of drug-likeness (QED) is 0.172. The number of benzene rings is 2. The van der Waals surface area contributed by atoms with Crippen LogP contribution in [0.25, 0.3) is 10.8 Å². The minimum Gasteiger partial charge on any atom is -0.465 e. The Kier molecular flexibility index (Phi) is 9.63. The molecule has 3 aliphatic rings. The molecule has 8 atom stereocenters. The number of aliphatic hydroxyl groups is 1. The molecule has 5 rings (SSSR count). The standard InChI is InChI=1S/C31H43N4O9P/c1-7-8-18-39-27(36)19(2)34-45(38,43-23-15-11-13-21-12-9-10-14-22(21)23)42-20(3)25-26-31(6,44-30(4,5)41-26)28(40-25)35-17-16-24(32)33-29(35)37/h9-17,19-20,25-26,28-29,37H,7-8,18H2,1-6H3,(H2,32,33)(H,34,38)/t19-,20+,25+,26+,28+,29?,31+,45?/m0/s1. The van der Waals surface area contributed by atoms with Gasteiger partial charge in [-0.2, -0.15) is 5.09 Å². The summed E-state index contributed by atoms with van der Waals surface area (Å²) >= 11 is 0. The van der Waals surface area contributed by atoms with E-state index in [-0.39, 0.29) is 12.4 Å². The Hall–Kier alpha value is -3.03. The number of nitrogens with zero attached hydrogens (tertiary/aromatic N) is 2. The highest BCUT2D eigenvalue weighted by atomic mass is 31.2. The van der Waals surface area contributed by atoms with Crippen molar-refractivity contribution in [2.75, 3.05) is 6.61 Å². The van der Waals surface area contributed by atoms with Gasteiger partial charge < -0.3 is 39.2 Å². The summed E-state index contributed by atoms with van der Waals surface area (Å²) in [5.74, 6) is -1.14. The summed E-state index contributed by atoms with van der Waals surface area (Å²) in [5, 5.41) is 15.1.